The summed E-state index contributed by atoms with van der Waals surface area (Å²) >= 11 is 0. The third kappa shape index (κ3) is 10.6. The second kappa shape index (κ2) is 13.5. The Morgan fingerprint density at radius 3 is 2.18 bits per heavy atom. The highest BCUT2D eigenvalue weighted by Gasteiger charge is 2.44. The molecule has 2 saturated heterocycles. The quantitative estimate of drug-likeness (QED) is 0.523. The van der Waals surface area contributed by atoms with E-state index in [1.54, 1.807) is 12.3 Å². The molecule has 0 aromatic carbocycles. The lowest BCUT2D eigenvalue weighted by Gasteiger charge is -2.39. The van der Waals surface area contributed by atoms with Crippen molar-refractivity contribution in [1.29, 1.82) is 0 Å². The minimum Gasteiger partial charge on any atom is -0.475 e. The standard InChI is InChI=1S/C19H22FN3O2.2C2HF3O2/c20-17-3-1-7-22-18(17)25-16-11-19(24-13-16)6-2-10-23(14-19)12-15-4-8-21-9-5-15;2*3-2(4,5)1(6)7/h1,3-5,7-9,16H,2,6,10-14H2;2*(H,6,7)/t16-,19-;;/m0../s1. The van der Waals surface area contributed by atoms with Gasteiger partial charge >= 0.3 is 24.3 Å². The van der Waals surface area contributed by atoms with Crippen LogP contribution in [0.15, 0.2) is 42.9 Å². The van der Waals surface area contributed by atoms with E-state index in [2.05, 4.69) is 14.9 Å². The van der Waals surface area contributed by atoms with Gasteiger partial charge in [0.15, 0.2) is 5.82 Å². The summed E-state index contributed by atoms with van der Waals surface area (Å²) in [5, 5.41) is 14.2. The summed E-state index contributed by atoms with van der Waals surface area (Å²) in [5.74, 6) is -5.87. The van der Waals surface area contributed by atoms with Crippen LogP contribution >= 0.6 is 0 Å². The zero-order chi connectivity index (χ0) is 29.3. The van der Waals surface area contributed by atoms with Crippen LogP contribution in [-0.4, -0.2) is 80.8 Å². The van der Waals surface area contributed by atoms with Gasteiger partial charge in [-0.25, -0.2) is 19.0 Å². The molecule has 39 heavy (non-hydrogen) atoms. The van der Waals surface area contributed by atoms with Crippen LogP contribution in [0.1, 0.15) is 24.8 Å². The lowest BCUT2D eigenvalue weighted by atomic mass is 9.89. The Labute approximate surface area is 217 Å². The monoisotopic (exact) mass is 571 g/mol. The molecule has 2 N–H and O–H groups in total. The number of carboxylic acids is 2. The maximum atomic E-state index is 13.7. The molecule has 2 aliphatic rings. The molecule has 2 atom stereocenters. The summed E-state index contributed by atoms with van der Waals surface area (Å²) in [4.78, 5) is 28.3. The van der Waals surface area contributed by atoms with Gasteiger partial charge < -0.3 is 19.7 Å². The zero-order valence-corrected chi connectivity index (χ0v) is 20.1. The minimum atomic E-state index is -5.08. The Kier molecular flexibility index (Phi) is 11.0. The van der Waals surface area contributed by atoms with Gasteiger partial charge in [0.1, 0.15) is 6.10 Å². The normalized spacial score (nSPS) is 21.3. The van der Waals surface area contributed by atoms with Gasteiger partial charge in [0.2, 0.25) is 0 Å². The molecule has 2 aromatic rings. The fraction of sp³-hybridized carbons (Fsp3) is 0.478. The average molecular weight is 571 g/mol. The van der Waals surface area contributed by atoms with Gasteiger partial charge in [-0.3, -0.25) is 9.88 Å². The third-order valence-electron chi connectivity index (χ3n) is 5.44. The molecule has 0 amide bonds. The number of alkyl halides is 6. The first-order chi connectivity index (χ1) is 18.1. The summed E-state index contributed by atoms with van der Waals surface area (Å²) in [6.07, 6.45) is -2.24. The number of hydrogen-bond donors (Lipinski definition) is 2. The van der Waals surface area contributed by atoms with Crippen molar-refractivity contribution in [3.8, 4) is 5.88 Å². The number of nitrogens with zero attached hydrogens (tertiary/aromatic N) is 3. The number of carboxylic acid groups (broad SMARTS) is 2. The second-order valence-electron chi connectivity index (χ2n) is 8.50. The predicted octanol–water partition coefficient (Wildman–Crippen LogP) is 4.08. The topological polar surface area (TPSA) is 122 Å². The molecule has 4 rings (SSSR count). The van der Waals surface area contributed by atoms with Crippen molar-refractivity contribution in [3.05, 3.63) is 54.2 Å². The Balaban J connectivity index is 0.000000317. The molecule has 2 fully saturated rings. The summed E-state index contributed by atoms with van der Waals surface area (Å²) in [6.45, 7) is 3.32. The van der Waals surface area contributed by atoms with Gasteiger partial charge in [0.25, 0.3) is 5.88 Å². The summed E-state index contributed by atoms with van der Waals surface area (Å²) in [5.41, 5.74) is 1.06. The first-order valence-corrected chi connectivity index (χ1v) is 11.2. The van der Waals surface area contributed by atoms with E-state index in [-0.39, 0.29) is 17.6 Å². The number of hydrogen-bond acceptors (Lipinski definition) is 7. The van der Waals surface area contributed by atoms with E-state index in [4.69, 9.17) is 29.3 Å². The van der Waals surface area contributed by atoms with Crippen LogP contribution in [0.5, 0.6) is 5.88 Å². The minimum absolute atomic E-state index is 0.0672. The van der Waals surface area contributed by atoms with Gasteiger partial charge in [-0.2, -0.15) is 26.3 Å². The lowest BCUT2D eigenvalue weighted by Crippen LogP contribution is -2.47. The van der Waals surface area contributed by atoms with Crippen molar-refractivity contribution in [2.75, 3.05) is 19.7 Å². The van der Waals surface area contributed by atoms with E-state index < -0.39 is 30.1 Å². The number of pyridine rings is 2. The Morgan fingerprint density at radius 2 is 1.64 bits per heavy atom. The SMILES string of the molecule is Fc1cccnc1O[C@@H]1CO[C@@]2(CCCN(Cc3ccncc3)C2)C1.O=C(O)C(F)(F)F.O=C(O)C(F)(F)F. The molecular weight excluding hydrogens is 547 g/mol. The number of ether oxygens (including phenoxy) is 2. The van der Waals surface area contributed by atoms with Crippen LogP contribution in [0.2, 0.25) is 0 Å². The molecule has 1 spiro atoms. The molecule has 9 nitrogen and oxygen atoms in total. The van der Waals surface area contributed by atoms with Crippen LogP contribution in [0, 0.1) is 5.82 Å². The van der Waals surface area contributed by atoms with Crippen LogP contribution in [0.4, 0.5) is 30.7 Å². The zero-order valence-electron chi connectivity index (χ0n) is 20.1. The van der Waals surface area contributed by atoms with Crippen molar-refractivity contribution < 1.29 is 60.0 Å². The first-order valence-electron chi connectivity index (χ1n) is 11.2. The van der Waals surface area contributed by atoms with Crippen LogP contribution in [-0.2, 0) is 20.9 Å². The number of piperidine rings is 1. The van der Waals surface area contributed by atoms with Crippen LogP contribution in [0.3, 0.4) is 0 Å². The summed E-state index contributed by atoms with van der Waals surface area (Å²) in [6, 6.07) is 7.02. The number of aliphatic carboxylic acids is 2. The molecule has 4 heterocycles. The smallest absolute Gasteiger partial charge is 0.475 e. The highest BCUT2D eigenvalue weighted by atomic mass is 19.4. The van der Waals surface area contributed by atoms with Gasteiger partial charge in [0, 0.05) is 38.1 Å². The number of likely N-dealkylation sites (tertiary alicyclic amines) is 1. The molecule has 0 aliphatic carbocycles. The van der Waals surface area contributed by atoms with Gasteiger partial charge in [-0.05, 0) is 49.2 Å². The molecule has 0 bridgehead atoms. The van der Waals surface area contributed by atoms with Crippen molar-refractivity contribution >= 4 is 11.9 Å². The number of aromatic nitrogens is 2. The number of halogens is 7. The van der Waals surface area contributed by atoms with E-state index in [9.17, 15) is 30.7 Å². The Hall–Kier alpha value is -3.53. The molecule has 2 aromatic heterocycles. The molecule has 2 aliphatic heterocycles. The molecule has 16 heteroatoms. The highest BCUT2D eigenvalue weighted by molar-refractivity contribution is 5.73. The third-order valence-corrected chi connectivity index (χ3v) is 5.44. The van der Waals surface area contributed by atoms with E-state index >= 15 is 0 Å². The van der Waals surface area contributed by atoms with Crippen molar-refractivity contribution in [3.63, 3.8) is 0 Å². The van der Waals surface area contributed by atoms with E-state index in [1.807, 2.05) is 24.5 Å². The van der Waals surface area contributed by atoms with Crippen molar-refractivity contribution in [2.24, 2.45) is 0 Å². The molecule has 216 valence electrons. The van der Waals surface area contributed by atoms with Crippen molar-refractivity contribution in [2.45, 2.75) is 49.9 Å². The van der Waals surface area contributed by atoms with Crippen LogP contribution < -0.4 is 4.74 Å². The molecular formula is C23H24F7N3O6. The van der Waals surface area contributed by atoms with Crippen molar-refractivity contribution in [1.82, 2.24) is 14.9 Å². The van der Waals surface area contributed by atoms with E-state index in [0.29, 0.717) is 6.61 Å². The molecule has 0 radical (unpaired) electrons. The first kappa shape index (κ1) is 31.7. The largest absolute Gasteiger partial charge is 0.490 e. The predicted molar refractivity (Wildman–Crippen MR) is 118 cm³/mol. The second-order valence-corrected chi connectivity index (χ2v) is 8.50. The fourth-order valence-corrected chi connectivity index (χ4v) is 3.85. The van der Waals surface area contributed by atoms with Gasteiger partial charge in [0.05, 0.1) is 12.2 Å². The maximum absolute atomic E-state index is 13.7. The maximum Gasteiger partial charge on any atom is 0.490 e. The molecule has 0 saturated carbocycles. The molecule has 0 unspecified atom stereocenters. The van der Waals surface area contributed by atoms with Crippen LogP contribution in [0.25, 0.3) is 0 Å². The highest BCUT2D eigenvalue weighted by Crippen LogP contribution is 2.36. The van der Waals surface area contributed by atoms with Gasteiger partial charge in [-0.1, -0.05) is 0 Å². The van der Waals surface area contributed by atoms with E-state index in [0.717, 1.165) is 38.9 Å². The Morgan fingerprint density at radius 1 is 1.05 bits per heavy atom. The fourth-order valence-electron chi connectivity index (χ4n) is 3.85. The van der Waals surface area contributed by atoms with Gasteiger partial charge in [-0.15, -0.1) is 0 Å². The number of rotatable bonds is 4. The number of carbonyl (C=O) groups is 2. The lowest BCUT2D eigenvalue weighted by molar-refractivity contribution is -0.193. The summed E-state index contributed by atoms with van der Waals surface area (Å²) in [7, 11) is 0. The van der Waals surface area contributed by atoms with E-state index in [1.165, 1.54) is 11.6 Å². The summed E-state index contributed by atoms with van der Waals surface area (Å²) < 4.78 is 89.1. The Bertz CT molecular complexity index is 1060. The average Bonchev–Trinajstić information content (AvgIpc) is 3.22.